The molecule has 1 aliphatic rings. The van der Waals surface area contributed by atoms with Crippen molar-refractivity contribution in [2.75, 3.05) is 5.32 Å². The fourth-order valence-corrected chi connectivity index (χ4v) is 5.19. The molecule has 0 saturated carbocycles. The summed E-state index contributed by atoms with van der Waals surface area (Å²) in [6, 6.07) is 8.64. The molecule has 5 N–H and O–H groups in total. The maximum atomic E-state index is 15.1. The molecule has 42 heavy (non-hydrogen) atoms. The van der Waals surface area contributed by atoms with Gasteiger partial charge in [-0.25, -0.2) is 15.2 Å². The molecule has 220 valence electrons. The number of nitrogens with two attached hydrogens (primary N) is 2. The van der Waals surface area contributed by atoms with Gasteiger partial charge in [-0.1, -0.05) is 49.2 Å². The van der Waals surface area contributed by atoms with E-state index >= 15 is 4.39 Å². The van der Waals surface area contributed by atoms with Gasteiger partial charge in [0.25, 0.3) is 5.56 Å². The minimum Gasteiger partial charge on any atom is -0.403 e. The number of allylic oxidation sites excluding steroid dienone is 4. The number of rotatable bonds is 6. The van der Waals surface area contributed by atoms with Gasteiger partial charge in [-0.3, -0.25) is 23.8 Å². The molecular formula is C30H34ClFN8O2. The maximum absolute atomic E-state index is 15.1. The van der Waals surface area contributed by atoms with E-state index in [1.165, 1.54) is 29.4 Å². The number of anilines is 1. The summed E-state index contributed by atoms with van der Waals surface area (Å²) in [5, 5.41) is 8.48. The van der Waals surface area contributed by atoms with Crippen molar-refractivity contribution in [2.45, 2.75) is 39.2 Å². The van der Waals surface area contributed by atoms with Gasteiger partial charge in [-0.05, 0) is 37.5 Å². The predicted molar refractivity (Wildman–Crippen MR) is 163 cm³/mol. The molecule has 1 aromatic carbocycles. The van der Waals surface area contributed by atoms with E-state index in [-0.39, 0.29) is 28.8 Å². The summed E-state index contributed by atoms with van der Waals surface area (Å²) in [6.45, 7) is 3.62. The quantitative estimate of drug-likeness (QED) is 0.209. The van der Waals surface area contributed by atoms with Gasteiger partial charge in [0.05, 0.1) is 46.9 Å². The van der Waals surface area contributed by atoms with Crippen LogP contribution in [0.1, 0.15) is 50.4 Å². The second-order valence-corrected chi connectivity index (χ2v) is 10.2. The highest BCUT2D eigenvalue weighted by atomic mass is 35.5. The van der Waals surface area contributed by atoms with E-state index in [0.717, 1.165) is 27.4 Å². The normalized spacial score (nSPS) is 18.7. The third-order valence-corrected chi connectivity index (χ3v) is 7.36. The average Bonchev–Trinajstić information content (AvgIpc) is 3.34. The number of fused-ring (bicyclic) bond motifs is 4. The molecule has 3 aromatic rings. The molecule has 2 unspecified atom stereocenters. The molecule has 10 nitrogen and oxygen atoms in total. The molecule has 4 rings (SSSR count). The van der Waals surface area contributed by atoms with Crippen molar-refractivity contribution in [3.05, 3.63) is 106 Å². The third-order valence-electron chi connectivity index (χ3n) is 7.17. The molecule has 1 aliphatic heterocycles. The highest BCUT2D eigenvalue weighted by Gasteiger charge is 2.24. The number of aromatic nitrogens is 4. The number of nitrogens with one attached hydrogen (secondary N) is 1. The Bertz CT molecular complexity index is 1640. The summed E-state index contributed by atoms with van der Waals surface area (Å²) >= 11 is 5.76. The number of hydrogen-bond donors (Lipinski definition) is 3. The lowest BCUT2D eigenvalue weighted by atomic mass is 9.94. The Hall–Kier alpha value is -4.48. The zero-order valence-electron chi connectivity index (χ0n) is 23.7. The van der Waals surface area contributed by atoms with Crippen LogP contribution in [0.4, 0.5) is 10.1 Å². The van der Waals surface area contributed by atoms with Crippen LogP contribution < -0.4 is 22.5 Å². The van der Waals surface area contributed by atoms with Crippen molar-refractivity contribution in [3.8, 4) is 11.3 Å². The van der Waals surface area contributed by atoms with E-state index in [2.05, 4.69) is 15.4 Å². The van der Waals surface area contributed by atoms with E-state index in [0.29, 0.717) is 24.9 Å². The van der Waals surface area contributed by atoms with Crippen molar-refractivity contribution in [3.63, 3.8) is 0 Å². The third kappa shape index (κ3) is 6.37. The Morgan fingerprint density at radius 3 is 2.74 bits per heavy atom. The average molecular weight is 593 g/mol. The molecule has 1 amide bonds. The molecule has 0 aliphatic carbocycles. The van der Waals surface area contributed by atoms with Crippen molar-refractivity contribution < 1.29 is 9.18 Å². The first-order valence-electron chi connectivity index (χ1n) is 13.5. The molecular weight excluding hydrogens is 559 g/mol. The Labute approximate surface area is 248 Å². The Morgan fingerprint density at radius 2 is 2.05 bits per heavy atom. The lowest BCUT2D eigenvalue weighted by Crippen LogP contribution is -2.28. The number of nitrogens with zero attached hydrogens (tertiary/aromatic N) is 5. The van der Waals surface area contributed by atoms with Gasteiger partial charge in [0, 0.05) is 42.5 Å². The van der Waals surface area contributed by atoms with E-state index < -0.39 is 17.4 Å². The summed E-state index contributed by atoms with van der Waals surface area (Å²) in [4.78, 5) is 31.1. The zero-order chi connectivity index (χ0) is 30.4. The number of aryl methyl sites for hydroxylation is 1. The van der Waals surface area contributed by atoms with Crippen molar-refractivity contribution in [1.82, 2.24) is 24.3 Å². The van der Waals surface area contributed by atoms with Crippen LogP contribution in [0, 0.1) is 5.92 Å². The lowest BCUT2D eigenvalue weighted by molar-refractivity contribution is -0.119. The highest BCUT2D eigenvalue weighted by molar-refractivity contribution is 6.26. The molecule has 0 saturated heterocycles. The molecule has 0 radical (unpaired) electrons. The first kappa shape index (κ1) is 30.5. The van der Waals surface area contributed by atoms with Crippen LogP contribution in [0.5, 0.6) is 0 Å². The van der Waals surface area contributed by atoms with Crippen molar-refractivity contribution in [1.29, 1.82) is 0 Å². The topological polar surface area (TPSA) is 137 Å². The highest BCUT2D eigenvalue weighted by Crippen LogP contribution is 2.34. The van der Waals surface area contributed by atoms with Crippen LogP contribution in [0.3, 0.4) is 0 Å². The van der Waals surface area contributed by atoms with E-state index in [4.69, 9.17) is 23.2 Å². The monoisotopic (exact) mass is 592 g/mol. The van der Waals surface area contributed by atoms with Crippen molar-refractivity contribution >= 4 is 28.8 Å². The number of benzene rings is 1. The zero-order valence-corrected chi connectivity index (χ0v) is 24.4. The van der Waals surface area contributed by atoms with Crippen LogP contribution in [-0.4, -0.2) is 30.2 Å². The van der Waals surface area contributed by atoms with Crippen LogP contribution in [0.2, 0.25) is 0 Å². The minimum absolute atomic E-state index is 0.0475. The maximum Gasteiger partial charge on any atom is 0.254 e. The molecule has 12 heteroatoms. The van der Waals surface area contributed by atoms with Gasteiger partial charge >= 0.3 is 0 Å². The summed E-state index contributed by atoms with van der Waals surface area (Å²) in [6.07, 6.45) is 10.7. The van der Waals surface area contributed by atoms with Gasteiger partial charge in [0.2, 0.25) is 5.91 Å². The standard InChI is InChI=1S/C30H34ClFN8O2/c1-4-7-26(40(34)13-12-33)28(22(32)16-31)23-15-27(41)39(18-35-23)25-11-5-8-19(2)30(42)37-24-17-36-38(3)29(24)21-10-6-9-20(25)14-21/h4,6-7,9-10,12-19,25H,5,8,11,33-34H2,1-3H3,(H,37,42)/b7-4-,13-12-,22-16-,28-26-. The van der Waals surface area contributed by atoms with E-state index in [1.807, 2.05) is 38.2 Å². The summed E-state index contributed by atoms with van der Waals surface area (Å²) in [5.74, 6) is 4.91. The Balaban J connectivity index is 1.86. The largest absolute Gasteiger partial charge is 0.403 e. The molecule has 2 atom stereocenters. The van der Waals surface area contributed by atoms with Gasteiger partial charge in [-0.2, -0.15) is 5.10 Å². The van der Waals surface area contributed by atoms with Gasteiger partial charge in [-0.15, -0.1) is 0 Å². The van der Waals surface area contributed by atoms with Crippen LogP contribution in [0.25, 0.3) is 16.8 Å². The summed E-state index contributed by atoms with van der Waals surface area (Å²) in [7, 11) is 1.81. The minimum atomic E-state index is -0.826. The molecule has 0 fully saturated rings. The van der Waals surface area contributed by atoms with Gasteiger partial charge in [0.1, 0.15) is 5.83 Å². The van der Waals surface area contributed by atoms with E-state index in [9.17, 15) is 9.59 Å². The van der Waals surface area contributed by atoms with Crippen LogP contribution >= 0.6 is 11.6 Å². The second kappa shape index (κ2) is 13.5. The van der Waals surface area contributed by atoms with Gasteiger partial charge < -0.3 is 11.1 Å². The number of hydrogen-bond acceptors (Lipinski definition) is 7. The van der Waals surface area contributed by atoms with Gasteiger partial charge in [0.15, 0.2) is 0 Å². The Kier molecular flexibility index (Phi) is 9.76. The first-order chi connectivity index (χ1) is 20.2. The number of amides is 1. The smallest absolute Gasteiger partial charge is 0.254 e. The summed E-state index contributed by atoms with van der Waals surface area (Å²) in [5.41, 5.74) is 9.12. The fraction of sp³-hybridized carbons (Fsp3) is 0.267. The van der Waals surface area contributed by atoms with E-state index in [1.54, 1.807) is 30.0 Å². The fourth-order valence-electron chi connectivity index (χ4n) is 5.08. The molecule has 2 bridgehead atoms. The Morgan fingerprint density at radius 1 is 1.26 bits per heavy atom. The number of carbonyl (C=O) groups excluding carboxylic acids is 1. The predicted octanol–water partition coefficient (Wildman–Crippen LogP) is 4.93. The molecule has 0 spiro atoms. The number of halogens is 2. The number of hydrazine groups is 1. The summed E-state index contributed by atoms with van der Waals surface area (Å²) < 4.78 is 18.4. The molecule has 2 aromatic heterocycles. The second-order valence-electron chi connectivity index (χ2n) is 9.98. The molecule has 3 heterocycles. The lowest BCUT2D eigenvalue weighted by Gasteiger charge is -2.23. The van der Waals surface area contributed by atoms with Crippen molar-refractivity contribution in [2.24, 2.45) is 24.5 Å². The number of carbonyl (C=O) groups is 1. The van der Waals surface area contributed by atoms with Crippen LogP contribution in [0.15, 0.2) is 89.3 Å². The first-order valence-corrected chi connectivity index (χ1v) is 13.9. The SMILES string of the molecule is C\C=C/C(=C(\C(F)=C\Cl)c1cc(=O)n(C2CCCC(C)C(=O)Nc3cnn(C)c3-c3cccc2c3)cn1)N(N)/C=C\N. The van der Waals surface area contributed by atoms with Crippen LogP contribution in [-0.2, 0) is 11.8 Å².